The number of hydrogen-bond donors (Lipinski definition) is 4. The number of alkyl halides is 3. The maximum absolute atomic E-state index is 10.1. The normalized spacial score (nSPS) is 11.1. The van der Waals surface area contributed by atoms with E-state index in [1.54, 1.807) is 36.2 Å². The Kier molecular flexibility index (Phi) is 13.2. The van der Waals surface area contributed by atoms with Gasteiger partial charge in [0.2, 0.25) is 12.4 Å². The molecule has 0 saturated heterocycles. The van der Waals surface area contributed by atoms with Crippen LogP contribution in [0.15, 0.2) is 120 Å². The first-order chi connectivity index (χ1) is 17.2. The van der Waals surface area contributed by atoms with Crippen LogP contribution in [0.4, 0.5) is 0 Å². The van der Waals surface area contributed by atoms with Crippen LogP contribution in [0, 0.1) is 0 Å². The van der Waals surface area contributed by atoms with Gasteiger partial charge in [0.15, 0.2) is 4.30 Å². The summed E-state index contributed by atoms with van der Waals surface area (Å²) in [5.41, 5.74) is 2.07. The molecule has 2 aromatic heterocycles. The molecule has 36 heavy (non-hydrogen) atoms. The van der Waals surface area contributed by atoms with Crippen LogP contribution in [0.1, 0.15) is 11.1 Å². The fraction of sp³-hybridized carbons (Fsp3) is 0.120. The molecule has 0 radical (unpaired) electrons. The molecule has 0 spiro atoms. The minimum absolute atomic E-state index is 0.0956. The van der Waals surface area contributed by atoms with Crippen molar-refractivity contribution in [2.45, 2.75) is 25.9 Å². The molecule has 11 heteroatoms. The topological polar surface area (TPSA) is 88.7 Å². The molecule has 0 bridgehead atoms. The highest BCUT2D eigenvalue weighted by atomic mass is 35.6. The number of rotatable bonds is 6. The average Bonchev–Trinajstić information content (AvgIpc) is 2.85. The lowest BCUT2D eigenvalue weighted by molar-refractivity contribution is -0.933. The fourth-order valence-electron chi connectivity index (χ4n) is 2.82. The largest absolute Gasteiger partial charge is 0.344 e. The van der Waals surface area contributed by atoms with Crippen LogP contribution in [0.25, 0.3) is 0 Å². The van der Waals surface area contributed by atoms with Crippen LogP contribution in [0.3, 0.4) is 0 Å². The van der Waals surface area contributed by atoms with Crippen molar-refractivity contribution in [2.75, 3.05) is 0 Å². The first kappa shape index (κ1) is 30.1. The Balaban J connectivity index is 0.000000222. The van der Waals surface area contributed by atoms with E-state index in [2.05, 4.69) is 12.1 Å². The van der Waals surface area contributed by atoms with E-state index in [0.717, 1.165) is 25.8 Å². The van der Waals surface area contributed by atoms with Crippen LogP contribution in [0.2, 0.25) is 0 Å². The van der Waals surface area contributed by atoms with Crippen molar-refractivity contribution in [3.63, 3.8) is 0 Å². The Labute approximate surface area is 231 Å². The maximum atomic E-state index is 10.1. The third-order valence-corrected chi connectivity index (χ3v) is 7.21. The molecule has 2 heterocycles. The molecule has 4 rings (SSSR count). The van der Waals surface area contributed by atoms with Gasteiger partial charge < -0.3 is 0 Å². The van der Waals surface area contributed by atoms with Crippen molar-refractivity contribution in [3.8, 4) is 0 Å². The van der Waals surface area contributed by atoms with Crippen LogP contribution in [0.5, 0.6) is 0 Å². The second-order valence-electron chi connectivity index (χ2n) is 7.09. The van der Waals surface area contributed by atoms with E-state index in [0.29, 0.717) is 0 Å². The van der Waals surface area contributed by atoms with Gasteiger partial charge in [0.05, 0.1) is 5.75 Å². The molecule has 2 aromatic carbocycles. The van der Waals surface area contributed by atoms with E-state index in [1.165, 1.54) is 17.8 Å². The molecule has 4 aromatic rings. The SMILES string of the molecule is ClC(Cl)Cl.O[n+]1ccccc1S(O)(O)Cc1ccccc1.O[n+]1ccccc1SCc1ccccc1. The number of pyridine rings is 2. The summed E-state index contributed by atoms with van der Waals surface area (Å²) in [4.78, 5) is 0. The Hall–Kier alpha value is -2.17. The van der Waals surface area contributed by atoms with E-state index in [1.807, 2.05) is 60.7 Å². The number of halogens is 3. The van der Waals surface area contributed by atoms with Gasteiger partial charge >= 0.3 is 5.03 Å². The quantitative estimate of drug-likeness (QED) is 0.0841. The number of benzene rings is 2. The second-order valence-corrected chi connectivity index (χ2v) is 12.1. The number of nitrogens with zero attached hydrogens (tertiary/aromatic N) is 2. The summed E-state index contributed by atoms with van der Waals surface area (Å²) in [6, 6.07) is 29.8. The second kappa shape index (κ2) is 15.8. The van der Waals surface area contributed by atoms with Crippen molar-refractivity contribution in [3.05, 3.63) is 121 Å². The monoisotopic (exact) mass is 588 g/mol. The lowest BCUT2D eigenvalue weighted by atomic mass is 10.2. The van der Waals surface area contributed by atoms with E-state index in [4.69, 9.17) is 34.8 Å². The average molecular weight is 590 g/mol. The van der Waals surface area contributed by atoms with E-state index < -0.39 is 14.9 Å². The Morgan fingerprint density at radius 2 is 1.14 bits per heavy atom. The van der Waals surface area contributed by atoms with Crippen LogP contribution in [-0.4, -0.2) is 23.8 Å². The maximum Gasteiger partial charge on any atom is 0.344 e. The first-order valence-corrected chi connectivity index (χ1v) is 14.5. The summed E-state index contributed by atoms with van der Waals surface area (Å²) < 4.78 is 21.3. The fourth-order valence-corrected chi connectivity index (χ4v) is 5.16. The van der Waals surface area contributed by atoms with E-state index >= 15 is 0 Å². The van der Waals surface area contributed by atoms with Crippen LogP contribution < -0.4 is 9.46 Å². The Morgan fingerprint density at radius 1 is 0.667 bits per heavy atom. The molecule has 0 unspecified atom stereocenters. The van der Waals surface area contributed by atoms with E-state index in [9.17, 15) is 19.5 Å². The molecule has 0 aliphatic rings. The zero-order chi connectivity index (χ0) is 26.4. The third kappa shape index (κ3) is 11.3. The number of thioether (sulfide) groups is 1. The molecular formula is C25H27Cl3N2O4S2+2. The van der Waals surface area contributed by atoms with Crippen molar-refractivity contribution < 1.29 is 29.0 Å². The summed E-state index contributed by atoms with van der Waals surface area (Å²) >= 11 is 16.0. The van der Waals surface area contributed by atoms with Crippen molar-refractivity contribution in [1.82, 2.24) is 0 Å². The Bertz CT molecular complexity index is 1170. The van der Waals surface area contributed by atoms with Crippen LogP contribution in [-0.2, 0) is 11.5 Å². The van der Waals surface area contributed by atoms with Gasteiger partial charge in [-0.25, -0.2) is 0 Å². The molecule has 192 valence electrons. The highest BCUT2D eigenvalue weighted by molar-refractivity contribution is 8.23. The molecular weight excluding hydrogens is 563 g/mol. The highest BCUT2D eigenvalue weighted by Gasteiger charge is 2.27. The molecule has 6 nitrogen and oxygen atoms in total. The molecule has 0 fully saturated rings. The lowest BCUT2D eigenvalue weighted by Crippen LogP contribution is -2.35. The molecule has 0 amide bonds. The van der Waals surface area contributed by atoms with Gasteiger partial charge in [-0.05, 0) is 35.0 Å². The van der Waals surface area contributed by atoms with Crippen molar-refractivity contribution in [2.24, 2.45) is 0 Å². The molecule has 0 saturated carbocycles. The standard InChI is InChI=1S/C12H13NO3S.C12H12NOS.CHCl3/c14-13-9-5-4-8-12(13)17(15,16)10-11-6-2-1-3-7-11;14-13-9-5-4-8-12(13)15-10-11-6-2-1-3-7-11;2-1(3)4/h1-9H,10H2,(H2-,14,15,16);1-9,14H,10H2;1H/q;+1;/p+1. The zero-order valence-corrected chi connectivity index (χ0v) is 22.9. The molecule has 0 aliphatic heterocycles. The van der Waals surface area contributed by atoms with Crippen LogP contribution >= 0.6 is 57.2 Å². The summed E-state index contributed by atoms with van der Waals surface area (Å²) in [5, 5.41) is 20.0. The third-order valence-electron chi connectivity index (χ3n) is 4.38. The highest BCUT2D eigenvalue weighted by Crippen LogP contribution is 2.48. The molecule has 0 aliphatic carbocycles. The van der Waals surface area contributed by atoms with Gasteiger partial charge in [-0.2, -0.15) is 0 Å². The summed E-state index contributed by atoms with van der Waals surface area (Å²) in [6.45, 7) is 0. The van der Waals surface area contributed by atoms with Crippen molar-refractivity contribution >= 4 is 57.2 Å². The summed E-state index contributed by atoms with van der Waals surface area (Å²) in [7, 11) is -3.03. The zero-order valence-electron chi connectivity index (χ0n) is 19.0. The van der Waals surface area contributed by atoms with Gasteiger partial charge in [-0.1, -0.05) is 95.5 Å². The summed E-state index contributed by atoms with van der Waals surface area (Å²) in [6.07, 6.45) is 3.00. The number of aromatic nitrogens is 2. The van der Waals surface area contributed by atoms with Crippen molar-refractivity contribution in [1.29, 1.82) is 0 Å². The Morgan fingerprint density at radius 3 is 1.67 bits per heavy atom. The van der Waals surface area contributed by atoms with Gasteiger partial charge in [0.25, 0.3) is 5.03 Å². The van der Waals surface area contributed by atoms with Gasteiger partial charge in [0, 0.05) is 39.5 Å². The van der Waals surface area contributed by atoms with Gasteiger partial charge in [-0.3, -0.25) is 19.5 Å². The first-order valence-electron chi connectivity index (χ1n) is 10.5. The molecule has 0 atom stereocenters. The smallest absolute Gasteiger partial charge is 0.290 e. The van der Waals surface area contributed by atoms with Gasteiger partial charge in [-0.15, -0.1) is 10.6 Å². The molecule has 4 N–H and O–H groups in total. The number of hydrogen-bond acceptors (Lipinski definition) is 5. The predicted octanol–water partition coefficient (Wildman–Crippen LogP) is 7.01. The van der Waals surface area contributed by atoms with E-state index in [-0.39, 0.29) is 10.8 Å². The minimum atomic E-state index is -3.03. The van der Waals surface area contributed by atoms with Gasteiger partial charge in [0.1, 0.15) is 0 Å². The summed E-state index contributed by atoms with van der Waals surface area (Å²) in [5.74, 6) is 0.962. The minimum Gasteiger partial charge on any atom is -0.290 e. The lowest BCUT2D eigenvalue weighted by Gasteiger charge is -2.27. The predicted molar refractivity (Wildman–Crippen MR) is 146 cm³/mol.